The summed E-state index contributed by atoms with van der Waals surface area (Å²) in [5, 5.41) is 13.6. The zero-order valence-corrected chi connectivity index (χ0v) is 14.3. The van der Waals surface area contributed by atoms with E-state index < -0.39 is 10.8 Å². The van der Waals surface area contributed by atoms with Gasteiger partial charge in [-0.15, -0.1) is 0 Å². The molecule has 1 amide bonds. The first-order valence-electron chi connectivity index (χ1n) is 7.96. The Morgan fingerprint density at radius 1 is 1.19 bits per heavy atom. The minimum Gasteiger partial charge on any atom is -0.486 e. The maximum atomic E-state index is 12.9. The number of carbonyl (C=O) groups excluding carboxylic acids is 1. The van der Waals surface area contributed by atoms with Gasteiger partial charge in [-0.3, -0.25) is 14.9 Å². The van der Waals surface area contributed by atoms with Crippen molar-refractivity contribution in [2.45, 2.75) is 13.5 Å². The Hall–Kier alpha value is -3.68. The number of nitro benzene ring substituents is 1. The topological polar surface area (TPSA) is 94.6 Å². The van der Waals surface area contributed by atoms with Crippen LogP contribution in [-0.4, -0.2) is 10.8 Å². The summed E-state index contributed by atoms with van der Waals surface area (Å²) in [6.07, 6.45) is 0. The predicted octanol–water partition coefficient (Wildman–Crippen LogP) is 4.47. The predicted molar refractivity (Wildman–Crippen MR) is 95.2 cm³/mol. The van der Waals surface area contributed by atoms with Crippen molar-refractivity contribution in [3.05, 3.63) is 87.6 Å². The summed E-state index contributed by atoms with van der Waals surface area (Å²) in [6.45, 7) is 1.62. The maximum absolute atomic E-state index is 12.9. The standard InChI is InChI=1S/C19H15FN2O5/c1-12-16(3-2-4-17(12)22(24)25)21-19(23)18-10-9-15(27-18)11-26-14-7-5-13(20)6-8-14/h2-10H,11H2,1H3,(H,21,23). The highest BCUT2D eigenvalue weighted by atomic mass is 19.1. The minimum atomic E-state index is -0.536. The number of ether oxygens (including phenoxy) is 1. The monoisotopic (exact) mass is 370 g/mol. The first kappa shape index (κ1) is 18.1. The molecule has 3 rings (SSSR count). The summed E-state index contributed by atoms with van der Waals surface area (Å²) in [6, 6.07) is 13.0. The van der Waals surface area contributed by atoms with Gasteiger partial charge >= 0.3 is 0 Å². The van der Waals surface area contributed by atoms with Crippen molar-refractivity contribution in [1.82, 2.24) is 0 Å². The van der Waals surface area contributed by atoms with Crippen molar-refractivity contribution in [2.75, 3.05) is 5.32 Å². The minimum absolute atomic E-state index is 0.0404. The number of carbonyl (C=O) groups is 1. The number of halogens is 1. The Labute approximate surface area is 153 Å². The quantitative estimate of drug-likeness (QED) is 0.510. The molecule has 1 N–H and O–H groups in total. The summed E-state index contributed by atoms with van der Waals surface area (Å²) in [7, 11) is 0. The Morgan fingerprint density at radius 3 is 2.63 bits per heavy atom. The van der Waals surface area contributed by atoms with Gasteiger partial charge in [0.05, 0.1) is 16.2 Å². The van der Waals surface area contributed by atoms with Crippen LogP contribution in [0.15, 0.2) is 59.0 Å². The molecule has 0 fully saturated rings. The van der Waals surface area contributed by atoms with Crippen LogP contribution in [0.1, 0.15) is 21.9 Å². The van der Waals surface area contributed by atoms with Gasteiger partial charge < -0.3 is 14.5 Å². The van der Waals surface area contributed by atoms with Crippen LogP contribution >= 0.6 is 0 Å². The Kier molecular flexibility index (Phi) is 5.16. The highest BCUT2D eigenvalue weighted by molar-refractivity contribution is 6.03. The highest BCUT2D eigenvalue weighted by Crippen LogP contribution is 2.25. The van der Waals surface area contributed by atoms with Crippen LogP contribution in [0, 0.1) is 22.9 Å². The van der Waals surface area contributed by atoms with E-state index in [-0.39, 0.29) is 23.9 Å². The second kappa shape index (κ2) is 7.69. The molecule has 1 aromatic heterocycles. The molecule has 0 aliphatic heterocycles. The second-order valence-corrected chi connectivity index (χ2v) is 5.67. The molecular formula is C19H15FN2O5. The van der Waals surface area contributed by atoms with Gasteiger partial charge in [-0.25, -0.2) is 4.39 Å². The van der Waals surface area contributed by atoms with E-state index in [1.54, 1.807) is 19.1 Å². The number of nitro groups is 1. The van der Waals surface area contributed by atoms with E-state index in [9.17, 15) is 19.3 Å². The fourth-order valence-corrected chi connectivity index (χ4v) is 2.40. The summed E-state index contributed by atoms with van der Waals surface area (Å²) >= 11 is 0. The highest BCUT2D eigenvalue weighted by Gasteiger charge is 2.17. The van der Waals surface area contributed by atoms with Crippen molar-refractivity contribution in [2.24, 2.45) is 0 Å². The smallest absolute Gasteiger partial charge is 0.291 e. The van der Waals surface area contributed by atoms with E-state index in [0.29, 0.717) is 22.8 Å². The lowest BCUT2D eigenvalue weighted by atomic mass is 10.1. The molecule has 27 heavy (non-hydrogen) atoms. The van der Waals surface area contributed by atoms with Gasteiger partial charge in [-0.1, -0.05) is 6.07 Å². The van der Waals surface area contributed by atoms with E-state index in [2.05, 4.69) is 5.32 Å². The molecule has 2 aromatic carbocycles. The van der Waals surface area contributed by atoms with Crippen LogP contribution in [0.2, 0.25) is 0 Å². The Bertz CT molecular complexity index is 982. The lowest BCUT2D eigenvalue weighted by Crippen LogP contribution is -2.12. The van der Waals surface area contributed by atoms with E-state index in [4.69, 9.17) is 9.15 Å². The van der Waals surface area contributed by atoms with Crippen LogP contribution in [0.3, 0.4) is 0 Å². The van der Waals surface area contributed by atoms with E-state index in [1.165, 1.54) is 42.5 Å². The second-order valence-electron chi connectivity index (χ2n) is 5.67. The number of furan rings is 1. The third kappa shape index (κ3) is 4.30. The molecule has 0 saturated heterocycles. The Balaban J connectivity index is 1.66. The SMILES string of the molecule is Cc1c(NC(=O)c2ccc(COc3ccc(F)cc3)o2)cccc1[N+](=O)[O-]. The number of amides is 1. The molecule has 7 nitrogen and oxygen atoms in total. The van der Waals surface area contributed by atoms with Gasteiger partial charge in [0.15, 0.2) is 5.76 Å². The number of hydrogen-bond donors (Lipinski definition) is 1. The third-order valence-electron chi connectivity index (χ3n) is 3.83. The van der Waals surface area contributed by atoms with Gasteiger partial charge in [0.2, 0.25) is 0 Å². The maximum Gasteiger partial charge on any atom is 0.291 e. The molecule has 3 aromatic rings. The lowest BCUT2D eigenvalue weighted by Gasteiger charge is -2.07. The van der Waals surface area contributed by atoms with Crippen LogP contribution in [-0.2, 0) is 6.61 Å². The normalized spacial score (nSPS) is 10.4. The third-order valence-corrected chi connectivity index (χ3v) is 3.83. The van der Waals surface area contributed by atoms with Crippen LogP contribution in [0.25, 0.3) is 0 Å². The first-order chi connectivity index (χ1) is 12.9. The van der Waals surface area contributed by atoms with Gasteiger partial charge in [-0.2, -0.15) is 0 Å². The van der Waals surface area contributed by atoms with Gasteiger partial charge in [0.25, 0.3) is 11.6 Å². The molecule has 0 aliphatic carbocycles. The Morgan fingerprint density at radius 2 is 1.93 bits per heavy atom. The van der Waals surface area contributed by atoms with Crippen molar-refractivity contribution < 1.29 is 23.3 Å². The van der Waals surface area contributed by atoms with Crippen LogP contribution in [0.4, 0.5) is 15.8 Å². The summed E-state index contributed by atoms with van der Waals surface area (Å²) in [5.74, 6) is 0.00671. The lowest BCUT2D eigenvalue weighted by molar-refractivity contribution is -0.385. The summed E-state index contributed by atoms with van der Waals surface area (Å²) < 4.78 is 23.8. The van der Waals surface area contributed by atoms with Gasteiger partial charge in [0.1, 0.15) is 23.9 Å². The van der Waals surface area contributed by atoms with Crippen molar-refractivity contribution in [3.8, 4) is 5.75 Å². The van der Waals surface area contributed by atoms with Gasteiger partial charge in [-0.05, 0) is 49.4 Å². The van der Waals surface area contributed by atoms with Gasteiger partial charge in [0, 0.05) is 6.07 Å². The zero-order chi connectivity index (χ0) is 19.4. The zero-order valence-electron chi connectivity index (χ0n) is 14.3. The number of nitrogens with one attached hydrogen (secondary N) is 1. The largest absolute Gasteiger partial charge is 0.486 e. The number of benzene rings is 2. The molecule has 0 unspecified atom stereocenters. The molecule has 0 bridgehead atoms. The van der Waals surface area contributed by atoms with Crippen LogP contribution in [0.5, 0.6) is 5.75 Å². The van der Waals surface area contributed by atoms with E-state index in [1.807, 2.05) is 0 Å². The average molecular weight is 370 g/mol. The van der Waals surface area contributed by atoms with E-state index >= 15 is 0 Å². The van der Waals surface area contributed by atoms with Crippen molar-refractivity contribution >= 4 is 17.3 Å². The summed E-state index contributed by atoms with van der Waals surface area (Å²) in [5.41, 5.74) is 0.595. The fraction of sp³-hybridized carbons (Fsp3) is 0.105. The fourth-order valence-electron chi connectivity index (χ4n) is 2.40. The molecule has 0 atom stereocenters. The number of hydrogen-bond acceptors (Lipinski definition) is 5. The molecule has 1 heterocycles. The summed E-state index contributed by atoms with van der Waals surface area (Å²) in [4.78, 5) is 22.8. The van der Waals surface area contributed by atoms with Crippen molar-refractivity contribution in [1.29, 1.82) is 0 Å². The molecular weight excluding hydrogens is 355 g/mol. The van der Waals surface area contributed by atoms with E-state index in [0.717, 1.165) is 0 Å². The molecule has 0 spiro atoms. The van der Waals surface area contributed by atoms with Crippen molar-refractivity contribution in [3.63, 3.8) is 0 Å². The average Bonchev–Trinajstić information content (AvgIpc) is 3.12. The molecule has 0 saturated carbocycles. The number of rotatable bonds is 6. The molecule has 8 heteroatoms. The number of nitrogens with zero attached hydrogens (tertiary/aromatic N) is 1. The molecule has 0 radical (unpaired) electrons. The molecule has 138 valence electrons. The first-order valence-corrected chi connectivity index (χ1v) is 7.96. The van der Waals surface area contributed by atoms with Crippen LogP contribution < -0.4 is 10.1 Å². The number of anilines is 1. The molecule has 0 aliphatic rings.